The number of carbonyl (C=O) groups excluding carboxylic acids is 1. The Bertz CT molecular complexity index is 963. The zero-order valence-corrected chi connectivity index (χ0v) is 18.7. The molecule has 1 N–H and O–H groups in total. The lowest BCUT2D eigenvalue weighted by molar-refractivity contribution is -0.121. The normalized spacial score (nSPS) is 15.4. The van der Waals surface area contributed by atoms with Crippen molar-refractivity contribution >= 4 is 38.3 Å². The molecule has 5 nitrogen and oxygen atoms in total. The Morgan fingerprint density at radius 2 is 1.79 bits per heavy atom. The molecule has 1 aliphatic rings. The number of rotatable bonds is 5. The maximum atomic E-state index is 12.7. The largest absolute Gasteiger partial charge is 0.300 e. The molecule has 0 atom stereocenters. The summed E-state index contributed by atoms with van der Waals surface area (Å²) >= 11 is 4.89. The molecular formula is C22H23BrN4OS. The Hall–Kier alpha value is -2.09. The van der Waals surface area contributed by atoms with E-state index in [0.29, 0.717) is 5.13 Å². The average Bonchev–Trinajstić information content (AvgIpc) is 3.19. The molecular weight excluding hydrogens is 448 g/mol. The summed E-state index contributed by atoms with van der Waals surface area (Å²) in [5.74, 6) is 0.0859. The number of likely N-dealkylation sites (tertiary alicyclic amines) is 1. The van der Waals surface area contributed by atoms with Gasteiger partial charge in [0.2, 0.25) is 11.0 Å². The molecule has 1 aromatic heterocycles. The Labute approximate surface area is 183 Å². The molecule has 1 fully saturated rings. The molecule has 2 heterocycles. The van der Waals surface area contributed by atoms with Crippen LogP contribution in [0.15, 0.2) is 53.0 Å². The molecule has 150 valence electrons. The first-order chi connectivity index (χ1) is 14.1. The van der Waals surface area contributed by atoms with Crippen LogP contribution in [-0.2, 0) is 11.3 Å². The van der Waals surface area contributed by atoms with Gasteiger partial charge in [-0.05, 0) is 50.6 Å². The van der Waals surface area contributed by atoms with Crippen LogP contribution in [0.3, 0.4) is 0 Å². The molecule has 0 bridgehead atoms. The van der Waals surface area contributed by atoms with E-state index in [1.54, 1.807) is 0 Å². The monoisotopic (exact) mass is 470 g/mol. The molecule has 0 unspecified atom stereocenters. The fraction of sp³-hybridized carbons (Fsp3) is 0.318. The van der Waals surface area contributed by atoms with E-state index in [4.69, 9.17) is 0 Å². The van der Waals surface area contributed by atoms with Crippen molar-refractivity contribution < 1.29 is 4.79 Å². The number of amides is 1. The van der Waals surface area contributed by atoms with Gasteiger partial charge in [-0.2, -0.15) is 0 Å². The van der Waals surface area contributed by atoms with Gasteiger partial charge in [0, 0.05) is 22.5 Å². The molecule has 3 aromatic rings. The summed E-state index contributed by atoms with van der Waals surface area (Å²) in [7, 11) is 0. The SMILES string of the molecule is Cc1ccc(-c2nnc(NC(=O)C3CCN(Cc4ccc(Br)cc4)CC3)s2)cc1. The van der Waals surface area contributed by atoms with Crippen molar-refractivity contribution in [2.24, 2.45) is 5.92 Å². The van der Waals surface area contributed by atoms with E-state index in [1.165, 1.54) is 22.5 Å². The van der Waals surface area contributed by atoms with Gasteiger partial charge in [0.1, 0.15) is 5.01 Å². The molecule has 7 heteroatoms. The van der Waals surface area contributed by atoms with Crippen LogP contribution in [0.1, 0.15) is 24.0 Å². The van der Waals surface area contributed by atoms with Crippen molar-refractivity contribution in [2.75, 3.05) is 18.4 Å². The zero-order chi connectivity index (χ0) is 20.2. The number of hydrogen-bond acceptors (Lipinski definition) is 5. The Kier molecular flexibility index (Phi) is 6.37. The highest BCUT2D eigenvalue weighted by molar-refractivity contribution is 9.10. The van der Waals surface area contributed by atoms with Crippen LogP contribution in [0.25, 0.3) is 10.6 Å². The van der Waals surface area contributed by atoms with Gasteiger partial charge in [-0.1, -0.05) is 69.2 Å². The quantitative estimate of drug-likeness (QED) is 0.561. The highest BCUT2D eigenvalue weighted by Gasteiger charge is 2.25. The van der Waals surface area contributed by atoms with Gasteiger partial charge in [-0.3, -0.25) is 9.69 Å². The highest BCUT2D eigenvalue weighted by atomic mass is 79.9. The topological polar surface area (TPSA) is 58.1 Å². The molecule has 0 aliphatic carbocycles. The van der Waals surface area contributed by atoms with Crippen LogP contribution in [0.4, 0.5) is 5.13 Å². The maximum Gasteiger partial charge on any atom is 0.229 e. The summed E-state index contributed by atoms with van der Waals surface area (Å²) in [5.41, 5.74) is 3.53. The standard InChI is InChI=1S/C22H23BrN4OS/c1-15-2-6-18(7-3-15)21-25-26-22(29-21)24-20(28)17-10-12-27(13-11-17)14-16-4-8-19(23)9-5-16/h2-9,17H,10-14H2,1H3,(H,24,26,28). The van der Waals surface area contributed by atoms with Crippen LogP contribution in [0, 0.1) is 12.8 Å². The third-order valence-corrected chi connectivity index (χ3v) is 6.65. The van der Waals surface area contributed by atoms with Gasteiger partial charge >= 0.3 is 0 Å². The van der Waals surface area contributed by atoms with Crippen LogP contribution >= 0.6 is 27.3 Å². The minimum absolute atomic E-state index is 0.0305. The Balaban J connectivity index is 1.29. The summed E-state index contributed by atoms with van der Waals surface area (Å²) in [6.07, 6.45) is 1.73. The molecule has 1 amide bonds. The van der Waals surface area contributed by atoms with E-state index >= 15 is 0 Å². The van der Waals surface area contributed by atoms with Crippen molar-refractivity contribution in [1.29, 1.82) is 0 Å². The lowest BCUT2D eigenvalue weighted by Gasteiger charge is -2.31. The van der Waals surface area contributed by atoms with Gasteiger partial charge < -0.3 is 5.32 Å². The van der Waals surface area contributed by atoms with Gasteiger partial charge in [0.15, 0.2) is 0 Å². The second kappa shape index (κ2) is 9.15. The summed E-state index contributed by atoms with van der Waals surface area (Å²) in [6.45, 7) is 4.84. The maximum absolute atomic E-state index is 12.7. The fourth-order valence-corrected chi connectivity index (χ4v) is 4.51. The third kappa shape index (κ3) is 5.29. The zero-order valence-electron chi connectivity index (χ0n) is 16.3. The predicted molar refractivity (Wildman–Crippen MR) is 121 cm³/mol. The van der Waals surface area contributed by atoms with Gasteiger partial charge in [-0.15, -0.1) is 10.2 Å². The fourth-order valence-electron chi connectivity index (χ4n) is 3.50. The second-order valence-corrected chi connectivity index (χ2v) is 9.34. The van der Waals surface area contributed by atoms with Gasteiger partial charge in [-0.25, -0.2) is 0 Å². The van der Waals surface area contributed by atoms with Crippen LogP contribution < -0.4 is 5.32 Å². The highest BCUT2D eigenvalue weighted by Crippen LogP contribution is 2.28. The van der Waals surface area contributed by atoms with Crippen molar-refractivity contribution in [3.63, 3.8) is 0 Å². The van der Waals surface area contributed by atoms with Gasteiger partial charge in [0.05, 0.1) is 0 Å². The first-order valence-electron chi connectivity index (χ1n) is 9.75. The predicted octanol–water partition coefficient (Wildman–Crippen LogP) is 5.13. The number of benzene rings is 2. The van der Waals surface area contributed by atoms with E-state index in [2.05, 4.69) is 79.7 Å². The van der Waals surface area contributed by atoms with Gasteiger partial charge in [0.25, 0.3) is 0 Å². The van der Waals surface area contributed by atoms with Crippen LogP contribution in [0.2, 0.25) is 0 Å². The first kappa shape index (κ1) is 20.2. The van der Waals surface area contributed by atoms with E-state index in [9.17, 15) is 4.79 Å². The Morgan fingerprint density at radius 1 is 1.10 bits per heavy atom. The molecule has 1 saturated heterocycles. The molecule has 4 rings (SSSR count). The number of piperidine rings is 1. The first-order valence-corrected chi connectivity index (χ1v) is 11.4. The summed E-state index contributed by atoms with van der Waals surface area (Å²) in [5, 5.41) is 12.7. The number of aryl methyl sites for hydroxylation is 1. The van der Waals surface area contributed by atoms with E-state index < -0.39 is 0 Å². The minimum atomic E-state index is 0.0305. The molecule has 0 spiro atoms. The van der Waals surface area contributed by atoms with Crippen molar-refractivity contribution in [1.82, 2.24) is 15.1 Å². The smallest absolute Gasteiger partial charge is 0.229 e. The second-order valence-electron chi connectivity index (χ2n) is 7.44. The summed E-state index contributed by atoms with van der Waals surface area (Å²) in [6, 6.07) is 16.6. The lowest BCUT2D eigenvalue weighted by atomic mass is 9.95. The third-order valence-electron chi connectivity index (χ3n) is 5.23. The minimum Gasteiger partial charge on any atom is -0.300 e. The number of carbonyl (C=O) groups is 1. The van der Waals surface area contributed by atoms with E-state index in [-0.39, 0.29) is 11.8 Å². The number of nitrogens with zero attached hydrogens (tertiary/aromatic N) is 3. The van der Waals surface area contributed by atoms with Crippen molar-refractivity contribution in [3.05, 3.63) is 64.1 Å². The molecule has 1 aliphatic heterocycles. The van der Waals surface area contributed by atoms with Crippen LogP contribution in [0.5, 0.6) is 0 Å². The van der Waals surface area contributed by atoms with Crippen LogP contribution in [-0.4, -0.2) is 34.1 Å². The number of halogens is 1. The molecule has 2 aromatic carbocycles. The van der Waals surface area contributed by atoms with E-state index in [1.807, 2.05) is 12.1 Å². The lowest BCUT2D eigenvalue weighted by Crippen LogP contribution is -2.37. The van der Waals surface area contributed by atoms with E-state index in [0.717, 1.165) is 47.5 Å². The summed E-state index contributed by atoms with van der Waals surface area (Å²) < 4.78 is 1.10. The molecule has 0 saturated carbocycles. The molecule has 29 heavy (non-hydrogen) atoms. The summed E-state index contributed by atoms with van der Waals surface area (Å²) in [4.78, 5) is 15.1. The number of nitrogens with one attached hydrogen (secondary N) is 1. The average molecular weight is 471 g/mol. The number of aromatic nitrogens is 2. The number of anilines is 1. The van der Waals surface area contributed by atoms with Crippen molar-refractivity contribution in [3.8, 4) is 10.6 Å². The molecule has 0 radical (unpaired) electrons. The Morgan fingerprint density at radius 3 is 2.48 bits per heavy atom. The van der Waals surface area contributed by atoms with Crippen molar-refractivity contribution in [2.45, 2.75) is 26.3 Å². The number of hydrogen-bond donors (Lipinski definition) is 1.